The van der Waals surface area contributed by atoms with Crippen molar-refractivity contribution >= 4 is 21.4 Å². The third kappa shape index (κ3) is 3.59. The zero-order chi connectivity index (χ0) is 16.4. The van der Waals surface area contributed by atoms with E-state index in [2.05, 4.69) is 0 Å². The average Bonchev–Trinajstić information content (AvgIpc) is 2.93. The van der Waals surface area contributed by atoms with Crippen LogP contribution in [-0.4, -0.2) is 26.6 Å². The van der Waals surface area contributed by atoms with E-state index in [-0.39, 0.29) is 5.75 Å². The summed E-state index contributed by atoms with van der Waals surface area (Å²) in [5.74, 6) is -1.65. The van der Waals surface area contributed by atoms with Crippen molar-refractivity contribution in [1.29, 1.82) is 0 Å². The van der Waals surface area contributed by atoms with Gasteiger partial charge in [-0.2, -0.15) is 0 Å². The zero-order valence-corrected chi connectivity index (χ0v) is 13.2. The molecule has 0 saturated carbocycles. The Balaban J connectivity index is 1.71. The van der Waals surface area contributed by atoms with Gasteiger partial charge in [0, 0.05) is 12.2 Å². The van der Waals surface area contributed by atoms with Crippen molar-refractivity contribution in [1.82, 2.24) is 0 Å². The van der Waals surface area contributed by atoms with E-state index in [1.54, 1.807) is 0 Å². The van der Waals surface area contributed by atoms with Gasteiger partial charge in [-0.05, 0) is 35.7 Å². The van der Waals surface area contributed by atoms with Crippen molar-refractivity contribution < 1.29 is 17.6 Å². The molecule has 1 aliphatic rings. The Bertz CT molecular complexity index is 831. The number of rotatable bonds is 4. The van der Waals surface area contributed by atoms with Gasteiger partial charge in [-0.1, -0.05) is 30.3 Å². The maximum atomic E-state index is 12.9. The van der Waals surface area contributed by atoms with E-state index < -0.39 is 27.3 Å². The number of sulfone groups is 1. The van der Waals surface area contributed by atoms with Crippen molar-refractivity contribution in [3.05, 3.63) is 65.5 Å². The molecule has 2 aromatic rings. The maximum absolute atomic E-state index is 12.9. The molecule has 2 aromatic carbocycles. The van der Waals surface area contributed by atoms with Crippen LogP contribution in [0.25, 0.3) is 0 Å². The van der Waals surface area contributed by atoms with Crippen molar-refractivity contribution in [3.8, 4) is 0 Å². The van der Waals surface area contributed by atoms with Gasteiger partial charge in [0.15, 0.2) is 9.84 Å². The summed E-state index contributed by atoms with van der Waals surface area (Å²) in [6.07, 6.45) is 0.736. The molecule has 23 heavy (non-hydrogen) atoms. The van der Waals surface area contributed by atoms with Crippen LogP contribution in [0.2, 0.25) is 0 Å². The fourth-order valence-corrected chi connectivity index (χ4v) is 4.08. The molecule has 0 atom stereocenters. The molecule has 3 rings (SSSR count). The normalized spacial score (nSPS) is 13.9. The van der Waals surface area contributed by atoms with E-state index in [4.69, 9.17) is 0 Å². The molecule has 4 nitrogen and oxygen atoms in total. The van der Waals surface area contributed by atoms with Crippen LogP contribution >= 0.6 is 0 Å². The number of anilines is 1. The molecule has 0 radical (unpaired) electrons. The monoisotopic (exact) mass is 333 g/mol. The van der Waals surface area contributed by atoms with Crippen molar-refractivity contribution in [2.45, 2.75) is 12.2 Å². The number of benzene rings is 2. The molecule has 0 unspecified atom stereocenters. The summed E-state index contributed by atoms with van der Waals surface area (Å²) in [6.45, 7) is 0.504. The molecule has 0 N–H and O–H groups in total. The fraction of sp³-hybridized carbons (Fsp3) is 0.235. The summed E-state index contributed by atoms with van der Waals surface area (Å²) in [5, 5.41) is 0. The zero-order valence-electron chi connectivity index (χ0n) is 12.4. The Morgan fingerprint density at radius 3 is 2.52 bits per heavy atom. The molecule has 0 fully saturated rings. The van der Waals surface area contributed by atoms with Gasteiger partial charge in [0.25, 0.3) is 0 Å². The van der Waals surface area contributed by atoms with Gasteiger partial charge in [0.05, 0.1) is 5.75 Å². The lowest BCUT2D eigenvalue weighted by Gasteiger charge is -2.17. The summed E-state index contributed by atoms with van der Waals surface area (Å²) in [6, 6.07) is 12.8. The average molecular weight is 333 g/mol. The molecule has 120 valence electrons. The second kappa shape index (κ2) is 6.12. The molecule has 1 heterocycles. The van der Waals surface area contributed by atoms with Crippen molar-refractivity contribution in [3.63, 3.8) is 0 Å². The van der Waals surface area contributed by atoms with Crippen LogP contribution < -0.4 is 4.90 Å². The molecule has 0 spiro atoms. The first-order valence-corrected chi connectivity index (χ1v) is 9.10. The summed E-state index contributed by atoms with van der Waals surface area (Å²) < 4.78 is 37.3. The first kappa shape index (κ1) is 15.7. The van der Waals surface area contributed by atoms with Crippen LogP contribution in [0.1, 0.15) is 11.1 Å². The molecule has 0 aliphatic carbocycles. The molecule has 6 heteroatoms. The van der Waals surface area contributed by atoms with Crippen LogP contribution in [0.5, 0.6) is 0 Å². The number of amides is 1. The van der Waals surface area contributed by atoms with Crippen LogP contribution in [0, 0.1) is 5.82 Å². The number of hydrogen-bond acceptors (Lipinski definition) is 3. The lowest BCUT2D eigenvalue weighted by Crippen LogP contribution is -2.34. The largest absolute Gasteiger partial charge is 0.311 e. The smallest absolute Gasteiger partial charge is 0.242 e. The van der Waals surface area contributed by atoms with Gasteiger partial charge in [0.2, 0.25) is 5.91 Å². The van der Waals surface area contributed by atoms with Gasteiger partial charge in [0.1, 0.15) is 11.6 Å². The Kier molecular flexibility index (Phi) is 4.17. The Hall–Kier alpha value is -2.21. The topological polar surface area (TPSA) is 54.5 Å². The van der Waals surface area contributed by atoms with E-state index in [1.165, 1.54) is 29.2 Å². The van der Waals surface area contributed by atoms with Crippen molar-refractivity contribution in [2.75, 3.05) is 17.2 Å². The highest BCUT2D eigenvalue weighted by atomic mass is 32.2. The van der Waals surface area contributed by atoms with E-state index in [1.807, 2.05) is 24.3 Å². The van der Waals surface area contributed by atoms with E-state index in [0.29, 0.717) is 12.1 Å². The van der Waals surface area contributed by atoms with Crippen LogP contribution in [0.15, 0.2) is 48.5 Å². The standard InChI is InChI=1S/C17H16FNO3S/c18-15-7-5-13(6-8-15)11-23(21,22)12-17(20)19-10-9-14-3-1-2-4-16(14)19/h1-8H,9-12H2. The first-order valence-electron chi connectivity index (χ1n) is 7.28. The van der Waals surface area contributed by atoms with Crippen LogP contribution in [-0.2, 0) is 26.8 Å². The number of para-hydroxylation sites is 1. The second-order valence-corrected chi connectivity index (χ2v) is 7.65. The molecular formula is C17H16FNO3S. The minimum atomic E-state index is -3.60. The van der Waals surface area contributed by atoms with E-state index in [9.17, 15) is 17.6 Å². The molecule has 0 aromatic heterocycles. The van der Waals surface area contributed by atoms with Gasteiger partial charge in [-0.3, -0.25) is 4.79 Å². The number of carbonyl (C=O) groups excluding carboxylic acids is 1. The SMILES string of the molecule is O=C(CS(=O)(=O)Cc1ccc(F)cc1)N1CCc2ccccc21. The Morgan fingerprint density at radius 2 is 1.78 bits per heavy atom. The highest BCUT2D eigenvalue weighted by molar-refractivity contribution is 7.91. The van der Waals surface area contributed by atoms with E-state index >= 15 is 0 Å². The highest BCUT2D eigenvalue weighted by Crippen LogP contribution is 2.27. The summed E-state index contributed by atoms with van der Waals surface area (Å²) in [4.78, 5) is 13.9. The molecule has 1 amide bonds. The molecule has 0 saturated heterocycles. The maximum Gasteiger partial charge on any atom is 0.242 e. The van der Waals surface area contributed by atoms with Crippen LogP contribution in [0.4, 0.5) is 10.1 Å². The minimum absolute atomic E-state index is 0.269. The quantitative estimate of drug-likeness (QED) is 0.863. The lowest BCUT2D eigenvalue weighted by atomic mass is 10.2. The lowest BCUT2D eigenvalue weighted by molar-refractivity contribution is -0.116. The van der Waals surface area contributed by atoms with Gasteiger partial charge in [-0.25, -0.2) is 12.8 Å². The third-order valence-corrected chi connectivity index (χ3v) is 5.29. The number of hydrogen-bond donors (Lipinski definition) is 0. The molecule has 0 bridgehead atoms. The third-order valence-electron chi connectivity index (χ3n) is 3.83. The predicted octanol–water partition coefficient (Wildman–Crippen LogP) is 2.33. The molecule has 1 aliphatic heterocycles. The fourth-order valence-electron chi connectivity index (χ4n) is 2.75. The van der Waals surface area contributed by atoms with E-state index in [0.717, 1.165) is 17.7 Å². The summed E-state index contributed by atoms with van der Waals surface area (Å²) >= 11 is 0. The molecular weight excluding hydrogens is 317 g/mol. The Morgan fingerprint density at radius 1 is 1.09 bits per heavy atom. The number of carbonyl (C=O) groups is 1. The van der Waals surface area contributed by atoms with Crippen LogP contribution in [0.3, 0.4) is 0 Å². The number of fused-ring (bicyclic) bond motifs is 1. The van der Waals surface area contributed by atoms with Crippen molar-refractivity contribution in [2.24, 2.45) is 0 Å². The van der Waals surface area contributed by atoms with Gasteiger partial charge in [-0.15, -0.1) is 0 Å². The summed E-state index contributed by atoms with van der Waals surface area (Å²) in [7, 11) is -3.60. The number of halogens is 1. The Labute approximate surface area is 134 Å². The minimum Gasteiger partial charge on any atom is -0.311 e. The summed E-state index contributed by atoms with van der Waals surface area (Å²) in [5.41, 5.74) is 2.31. The van der Waals surface area contributed by atoms with Gasteiger partial charge < -0.3 is 4.90 Å². The first-order chi connectivity index (χ1) is 10.9. The van der Waals surface area contributed by atoms with Gasteiger partial charge >= 0.3 is 0 Å². The second-order valence-electron chi connectivity index (χ2n) is 5.58. The predicted molar refractivity (Wildman–Crippen MR) is 86.4 cm³/mol. The highest BCUT2D eigenvalue weighted by Gasteiger charge is 2.27. The number of nitrogens with zero attached hydrogens (tertiary/aromatic N) is 1.